The van der Waals surface area contributed by atoms with Crippen LogP contribution in [0, 0.1) is 0 Å². The Morgan fingerprint density at radius 2 is 2.08 bits per heavy atom. The Balaban J connectivity index is 1.55. The van der Waals surface area contributed by atoms with E-state index in [1.165, 1.54) is 6.92 Å². The summed E-state index contributed by atoms with van der Waals surface area (Å²) in [4.78, 5) is 29.0. The zero-order valence-electron chi connectivity index (χ0n) is 14.3. The largest absolute Gasteiger partial charge is 0.340 e. The first kappa shape index (κ1) is 15.9. The molecule has 6 heteroatoms. The Kier molecular flexibility index (Phi) is 4.03. The molecule has 1 aromatic heterocycles. The molecule has 25 heavy (non-hydrogen) atoms. The van der Waals surface area contributed by atoms with Crippen molar-refractivity contribution in [3.8, 4) is 0 Å². The first-order valence-electron chi connectivity index (χ1n) is 8.81. The summed E-state index contributed by atoms with van der Waals surface area (Å²) in [5.74, 6) is 0.260. The van der Waals surface area contributed by atoms with Gasteiger partial charge in [-0.05, 0) is 30.5 Å². The molecular formula is C19H22N4O2. The SMILES string of the molecule is CC(=O)N1c2ccccc2C[C@H]1C(=O)N1CCC[C@@H](c2ccn[nH]2)C1. The van der Waals surface area contributed by atoms with E-state index in [0.29, 0.717) is 13.0 Å². The van der Waals surface area contributed by atoms with Crippen molar-refractivity contribution in [3.63, 3.8) is 0 Å². The van der Waals surface area contributed by atoms with E-state index in [0.717, 1.165) is 36.3 Å². The Bertz CT molecular complexity index is 786. The molecule has 2 aliphatic rings. The number of fused-ring (bicyclic) bond motifs is 1. The van der Waals surface area contributed by atoms with Crippen LogP contribution in [0.15, 0.2) is 36.5 Å². The van der Waals surface area contributed by atoms with Gasteiger partial charge in [0.15, 0.2) is 0 Å². The van der Waals surface area contributed by atoms with Gasteiger partial charge in [-0.25, -0.2) is 0 Å². The van der Waals surface area contributed by atoms with Gasteiger partial charge in [-0.15, -0.1) is 0 Å². The lowest BCUT2D eigenvalue weighted by atomic mass is 9.94. The minimum atomic E-state index is -0.421. The van der Waals surface area contributed by atoms with Crippen LogP contribution >= 0.6 is 0 Å². The molecule has 2 amide bonds. The lowest BCUT2D eigenvalue weighted by molar-refractivity contribution is -0.135. The maximum absolute atomic E-state index is 13.2. The number of H-pyrrole nitrogens is 1. The van der Waals surface area contributed by atoms with Crippen LogP contribution in [0.3, 0.4) is 0 Å². The van der Waals surface area contributed by atoms with Crippen LogP contribution in [0.5, 0.6) is 0 Å². The van der Waals surface area contributed by atoms with Gasteiger partial charge in [0.25, 0.3) is 0 Å². The lowest BCUT2D eigenvalue weighted by Gasteiger charge is -2.35. The van der Waals surface area contributed by atoms with E-state index >= 15 is 0 Å². The van der Waals surface area contributed by atoms with Crippen LogP contribution in [-0.4, -0.2) is 46.0 Å². The fraction of sp³-hybridized carbons (Fsp3) is 0.421. The molecule has 0 bridgehead atoms. The fourth-order valence-electron chi connectivity index (χ4n) is 4.11. The molecule has 4 rings (SSSR count). The van der Waals surface area contributed by atoms with Crippen LogP contribution in [-0.2, 0) is 16.0 Å². The quantitative estimate of drug-likeness (QED) is 0.912. The first-order valence-corrected chi connectivity index (χ1v) is 8.81. The number of carbonyl (C=O) groups is 2. The van der Waals surface area contributed by atoms with Gasteiger partial charge < -0.3 is 4.90 Å². The molecule has 2 atom stereocenters. The number of nitrogens with zero attached hydrogens (tertiary/aromatic N) is 3. The smallest absolute Gasteiger partial charge is 0.246 e. The highest BCUT2D eigenvalue weighted by Gasteiger charge is 2.40. The Morgan fingerprint density at radius 1 is 1.24 bits per heavy atom. The maximum atomic E-state index is 13.2. The topological polar surface area (TPSA) is 69.3 Å². The fourth-order valence-corrected chi connectivity index (χ4v) is 4.11. The average molecular weight is 338 g/mol. The van der Waals surface area contributed by atoms with E-state index in [2.05, 4.69) is 10.2 Å². The highest BCUT2D eigenvalue weighted by Crippen LogP contribution is 2.34. The normalized spacial score (nSPS) is 22.8. The van der Waals surface area contributed by atoms with Gasteiger partial charge in [0.05, 0.1) is 0 Å². The monoisotopic (exact) mass is 338 g/mol. The number of hydrogen-bond donors (Lipinski definition) is 1. The second kappa shape index (κ2) is 6.35. The molecule has 6 nitrogen and oxygen atoms in total. The second-order valence-corrected chi connectivity index (χ2v) is 6.87. The molecule has 0 spiro atoms. The van der Waals surface area contributed by atoms with Crippen LogP contribution < -0.4 is 4.90 Å². The number of anilines is 1. The van der Waals surface area contributed by atoms with Crippen LogP contribution in [0.2, 0.25) is 0 Å². The number of piperidine rings is 1. The van der Waals surface area contributed by atoms with Gasteiger partial charge in [0.1, 0.15) is 6.04 Å². The molecule has 0 saturated carbocycles. The summed E-state index contributed by atoms with van der Waals surface area (Å²) in [5, 5.41) is 7.05. The number of hydrogen-bond acceptors (Lipinski definition) is 3. The summed E-state index contributed by atoms with van der Waals surface area (Å²) in [7, 11) is 0. The van der Waals surface area contributed by atoms with Crippen molar-refractivity contribution in [1.29, 1.82) is 0 Å². The van der Waals surface area contributed by atoms with Crippen molar-refractivity contribution in [2.75, 3.05) is 18.0 Å². The molecule has 1 N–H and O–H groups in total. The molecular weight excluding hydrogens is 316 g/mol. The number of likely N-dealkylation sites (tertiary alicyclic amines) is 1. The molecule has 2 aromatic rings. The van der Waals surface area contributed by atoms with Gasteiger partial charge in [-0.1, -0.05) is 18.2 Å². The Labute approximate surface area is 146 Å². The molecule has 1 saturated heterocycles. The number of benzene rings is 1. The van der Waals surface area contributed by atoms with E-state index in [9.17, 15) is 9.59 Å². The number of amides is 2. The highest BCUT2D eigenvalue weighted by atomic mass is 16.2. The molecule has 1 fully saturated rings. The molecule has 2 aliphatic heterocycles. The predicted octanol–water partition coefficient (Wildman–Crippen LogP) is 2.09. The van der Waals surface area contributed by atoms with Crippen molar-refractivity contribution in [1.82, 2.24) is 15.1 Å². The van der Waals surface area contributed by atoms with E-state index < -0.39 is 6.04 Å². The van der Waals surface area contributed by atoms with Gasteiger partial charge >= 0.3 is 0 Å². The number of carbonyl (C=O) groups excluding carboxylic acids is 2. The van der Waals surface area contributed by atoms with Gasteiger partial charge in [0.2, 0.25) is 11.8 Å². The summed E-state index contributed by atoms with van der Waals surface area (Å²) in [5.41, 5.74) is 3.02. The van der Waals surface area contributed by atoms with Gasteiger partial charge in [-0.3, -0.25) is 19.6 Å². The van der Waals surface area contributed by atoms with Crippen molar-refractivity contribution in [3.05, 3.63) is 47.8 Å². The molecule has 0 radical (unpaired) electrons. The van der Waals surface area contributed by atoms with Crippen molar-refractivity contribution in [2.24, 2.45) is 0 Å². The molecule has 0 aliphatic carbocycles. The van der Waals surface area contributed by atoms with Crippen LogP contribution in [0.4, 0.5) is 5.69 Å². The number of aromatic amines is 1. The maximum Gasteiger partial charge on any atom is 0.246 e. The summed E-state index contributed by atoms with van der Waals surface area (Å²) in [6.07, 6.45) is 4.36. The number of para-hydroxylation sites is 1. The summed E-state index contributed by atoms with van der Waals surface area (Å²) >= 11 is 0. The third-order valence-corrected chi connectivity index (χ3v) is 5.30. The zero-order chi connectivity index (χ0) is 17.4. The predicted molar refractivity (Wildman–Crippen MR) is 94.2 cm³/mol. The summed E-state index contributed by atoms with van der Waals surface area (Å²) in [6, 6.07) is 9.35. The van der Waals surface area contributed by atoms with Crippen LogP contribution in [0.1, 0.15) is 36.9 Å². The van der Waals surface area contributed by atoms with Crippen molar-refractivity contribution in [2.45, 2.75) is 38.1 Å². The summed E-state index contributed by atoms with van der Waals surface area (Å²) in [6.45, 7) is 2.97. The van der Waals surface area contributed by atoms with E-state index in [1.807, 2.05) is 35.2 Å². The van der Waals surface area contributed by atoms with Gasteiger partial charge in [-0.2, -0.15) is 5.10 Å². The number of rotatable bonds is 2. The Morgan fingerprint density at radius 3 is 2.84 bits per heavy atom. The van der Waals surface area contributed by atoms with E-state index in [-0.39, 0.29) is 17.7 Å². The third-order valence-electron chi connectivity index (χ3n) is 5.30. The molecule has 0 unspecified atom stereocenters. The second-order valence-electron chi connectivity index (χ2n) is 6.87. The lowest BCUT2D eigenvalue weighted by Crippen LogP contribution is -2.51. The standard InChI is InChI=1S/C19H22N4O2/c1-13(24)23-17-7-3-2-5-14(17)11-18(23)19(25)22-10-4-6-15(12-22)16-8-9-20-21-16/h2-3,5,7-9,15,18H,4,6,10-12H2,1H3,(H,20,21)/t15-,18+/m1/s1. The van der Waals surface area contributed by atoms with Crippen molar-refractivity contribution >= 4 is 17.5 Å². The van der Waals surface area contributed by atoms with Crippen molar-refractivity contribution < 1.29 is 9.59 Å². The van der Waals surface area contributed by atoms with E-state index in [1.54, 1.807) is 11.1 Å². The third kappa shape index (κ3) is 2.81. The van der Waals surface area contributed by atoms with Crippen LogP contribution in [0.25, 0.3) is 0 Å². The zero-order valence-corrected chi connectivity index (χ0v) is 14.3. The minimum Gasteiger partial charge on any atom is -0.340 e. The molecule has 3 heterocycles. The van der Waals surface area contributed by atoms with Gasteiger partial charge in [0, 0.05) is 49.9 Å². The summed E-state index contributed by atoms with van der Waals surface area (Å²) < 4.78 is 0. The number of aromatic nitrogens is 2. The molecule has 1 aromatic carbocycles. The van der Waals surface area contributed by atoms with E-state index in [4.69, 9.17) is 0 Å². The number of nitrogens with one attached hydrogen (secondary N) is 1. The molecule has 130 valence electrons. The first-order chi connectivity index (χ1) is 12.1. The Hall–Kier alpha value is -2.63. The highest BCUT2D eigenvalue weighted by molar-refractivity contribution is 6.02. The average Bonchev–Trinajstić information content (AvgIpc) is 3.28. The minimum absolute atomic E-state index is 0.0515.